The number of anilines is 1. The van der Waals surface area contributed by atoms with Crippen molar-refractivity contribution in [2.75, 3.05) is 11.9 Å². The number of carbonyl (C=O) groups excluding carboxylic acids is 3. The molecule has 128 valence electrons. The Morgan fingerprint density at radius 3 is 2.38 bits per heavy atom. The molecule has 0 unspecified atom stereocenters. The van der Waals surface area contributed by atoms with Crippen molar-refractivity contribution in [1.29, 1.82) is 0 Å². The summed E-state index contributed by atoms with van der Waals surface area (Å²) < 4.78 is 1.44. The van der Waals surface area contributed by atoms with Crippen LogP contribution in [0.25, 0.3) is 5.69 Å². The third-order valence-corrected chi connectivity index (χ3v) is 3.92. The van der Waals surface area contributed by atoms with Crippen molar-refractivity contribution in [2.45, 2.75) is 0 Å². The zero-order valence-electron chi connectivity index (χ0n) is 13.4. The third-order valence-electron chi connectivity index (χ3n) is 3.92. The summed E-state index contributed by atoms with van der Waals surface area (Å²) in [5.41, 5.74) is 1.78. The molecule has 2 aromatic carbocycles. The molecular weight excluding hydrogens is 336 g/mol. The third kappa shape index (κ3) is 2.71. The number of hydrogen-bond acceptors (Lipinski definition) is 6. The lowest BCUT2D eigenvalue weighted by molar-refractivity contribution is -0.116. The van der Waals surface area contributed by atoms with Gasteiger partial charge in [-0.15, -0.1) is 5.10 Å². The van der Waals surface area contributed by atoms with Crippen molar-refractivity contribution in [2.24, 2.45) is 0 Å². The highest BCUT2D eigenvalue weighted by molar-refractivity contribution is 6.22. The Kier molecular flexibility index (Phi) is 3.73. The lowest BCUT2D eigenvalue weighted by atomic mass is 10.1. The van der Waals surface area contributed by atoms with Crippen LogP contribution in [0.1, 0.15) is 20.7 Å². The number of hydrogen-bond donors (Lipinski definition) is 1. The fraction of sp³-hybridized carbons (Fsp3) is 0.0588. The molecule has 1 aromatic heterocycles. The summed E-state index contributed by atoms with van der Waals surface area (Å²) in [5, 5.41) is 13.6. The van der Waals surface area contributed by atoms with Gasteiger partial charge in [-0.25, -0.2) is 4.68 Å². The molecule has 4 rings (SSSR count). The van der Waals surface area contributed by atoms with Gasteiger partial charge < -0.3 is 5.32 Å². The molecule has 0 saturated carbocycles. The second-order valence-electron chi connectivity index (χ2n) is 5.59. The van der Waals surface area contributed by atoms with E-state index < -0.39 is 17.7 Å². The van der Waals surface area contributed by atoms with Gasteiger partial charge in [-0.05, 0) is 40.8 Å². The molecule has 0 saturated heterocycles. The van der Waals surface area contributed by atoms with Crippen LogP contribution >= 0.6 is 0 Å². The molecule has 1 aliphatic heterocycles. The van der Waals surface area contributed by atoms with Crippen molar-refractivity contribution in [1.82, 2.24) is 25.1 Å². The van der Waals surface area contributed by atoms with E-state index in [-0.39, 0.29) is 6.54 Å². The van der Waals surface area contributed by atoms with Crippen LogP contribution in [0.3, 0.4) is 0 Å². The number of imide groups is 1. The van der Waals surface area contributed by atoms with E-state index in [0.29, 0.717) is 22.5 Å². The Morgan fingerprint density at radius 2 is 1.73 bits per heavy atom. The average Bonchev–Trinajstić information content (AvgIpc) is 3.26. The molecule has 1 N–H and O–H groups in total. The zero-order valence-corrected chi connectivity index (χ0v) is 13.4. The van der Waals surface area contributed by atoms with Gasteiger partial charge in [0.1, 0.15) is 12.9 Å². The highest BCUT2D eigenvalue weighted by atomic mass is 16.2. The van der Waals surface area contributed by atoms with Crippen LogP contribution in [0, 0.1) is 0 Å². The monoisotopic (exact) mass is 348 g/mol. The quantitative estimate of drug-likeness (QED) is 0.701. The van der Waals surface area contributed by atoms with Gasteiger partial charge in [0.25, 0.3) is 11.8 Å². The van der Waals surface area contributed by atoms with Crippen molar-refractivity contribution >= 4 is 23.4 Å². The summed E-state index contributed by atoms with van der Waals surface area (Å²) in [6.45, 7) is -0.360. The maximum atomic E-state index is 12.3. The van der Waals surface area contributed by atoms with Crippen LogP contribution in [-0.2, 0) is 4.79 Å². The summed E-state index contributed by atoms with van der Waals surface area (Å²) in [6, 6.07) is 13.4. The van der Waals surface area contributed by atoms with Crippen LogP contribution in [0.5, 0.6) is 0 Å². The maximum absolute atomic E-state index is 12.3. The van der Waals surface area contributed by atoms with E-state index in [1.165, 1.54) is 11.0 Å². The number of carbonyl (C=O) groups is 3. The Bertz CT molecular complexity index is 980. The number of rotatable bonds is 4. The van der Waals surface area contributed by atoms with Gasteiger partial charge in [-0.2, -0.15) is 0 Å². The lowest BCUT2D eigenvalue weighted by Gasteiger charge is -2.14. The van der Waals surface area contributed by atoms with Crippen LogP contribution < -0.4 is 5.32 Å². The fourth-order valence-corrected chi connectivity index (χ4v) is 2.73. The normalized spacial score (nSPS) is 13.0. The Labute approximate surface area is 147 Å². The molecular formula is C17H12N6O3. The molecule has 26 heavy (non-hydrogen) atoms. The second-order valence-corrected chi connectivity index (χ2v) is 5.59. The average molecular weight is 348 g/mol. The SMILES string of the molecule is O=C(CN1C(=O)c2ccccc2C1=O)Nc1cccc(-n2cnnn2)c1. The van der Waals surface area contributed by atoms with Gasteiger partial charge in [0.2, 0.25) is 5.91 Å². The first-order chi connectivity index (χ1) is 12.6. The van der Waals surface area contributed by atoms with Crippen LogP contribution in [0.2, 0.25) is 0 Å². The predicted molar refractivity (Wildman–Crippen MR) is 89.6 cm³/mol. The highest BCUT2D eigenvalue weighted by Gasteiger charge is 2.36. The molecule has 9 nitrogen and oxygen atoms in total. The van der Waals surface area contributed by atoms with E-state index in [1.54, 1.807) is 48.5 Å². The van der Waals surface area contributed by atoms with Crippen LogP contribution in [0.15, 0.2) is 54.9 Å². The number of benzene rings is 2. The molecule has 1 aliphatic rings. The standard InChI is InChI=1S/C17H12N6O3/c24-15(9-22-16(25)13-6-1-2-7-14(13)17(22)26)19-11-4-3-5-12(8-11)23-10-18-20-21-23/h1-8,10H,9H2,(H,19,24). The van der Waals surface area contributed by atoms with Crippen molar-refractivity contribution < 1.29 is 14.4 Å². The summed E-state index contributed by atoms with van der Waals surface area (Å²) in [4.78, 5) is 37.8. The molecule has 0 atom stereocenters. The van der Waals surface area contributed by atoms with Gasteiger partial charge in [0, 0.05) is 5.69 Å². The van der Waals surface area contributed by atoms with Gasteiger partial charge in [-0.1, -0.05) is 18.2 Å². The Hall–Kier alpha value is -3.88. The maximum Gasteiger partial charge on any atom is 0.262 e. The minimum Gasteiger partial charge on any atom is -0.324 e. The van der Waals surface area contributed by atoms with E-state index in [2.05, 4.69) is 20.8 Å². The molecule has 9 heteroatoms. The number of nitrogens with zero attached hydrogens (tertiary/aromatic N) is 5. The molecule has 3 aromatic rings. The molecule has 0 radical (unpaired) electrons. The smallest absolute Gasteiger partial charge is 0.262 e. The number of amides is 3. The van der Waals surface area contributed by atoms with Crippen LogP contribution in [-0.4, -0.2) is 49.4 Å². The molecule has 0 aliphatic carbocycles. The van der Waals surface area contributed by atoms with E-state index >= 15 is 0 Å². The topological polar surface area (TPSA) is 110 Å². The second kappa shape index (κ2) is 6.20. The molecule has 0 fully saturated rings. The van der Waals surface area contributed by atoms with Gasteiger partial charge in [0.15, 0.2) is 0 Å². The number of tetrazole rings is 1. The Morgan fingerprint density at radius 1 is 1.00 bits per heavy atom. The van der Waals surface area contributed by atoms with E-state index in [9.17, 15) is 14.4 Å². The minimum atomic E-state index is -0.478. The van der Waals surface area contributed by atoms with Crippen molar-refractivity contribution in [3.05, 3.63) is 66.0 Å². The van der Waals surface area contributed by atoms with Crippen molar-refractivity contribution in [3.63, 3.8) is 0 Å². The molecule has 2 heterocycles. The van der Waals surface area contributed by atoms with Crippen molar-refractivity contribution in [3.8, 4) is 5.69 Å². The minimum absolute atomic E-state index is 0.311. The van der Waals surface area contributed by atoms with Gasteiger partial charge >= 0.3 is 0 Å². The zero-order chi connectivity index (χ0) is 18.1. The van der Waals surface area contributed by atoms with Gasteiger partial charge in [0.05, 0.1) is 16.8 Å². The van der Waals surface area contributed by atoms with Gasteiger partial charge in [-0.3, -0.25) is 19.3 Å². The molecule has 3 amide bonds. The summed E-state index contributed by atoms with van der Waals surface area (Å²) >= 11 is 0. The molecule has 0 spiro atoms. The Balaban J connectivity index is 1.48. The molecule has 0 bridgehead atoms. The number of fused-ring (bicyclic) bond motifs is 1. The highest BCUT2D eigenvalue weighted by Crippen LogP contribution is 2.22. The van der Waals surface area contributed by atoms with E-state index in [0.717, 1.165) is 4.90 Å². The van der Waals surface area contributed by atoms with E-state index in [4.69, 9.17) is 0 Å². The first kappa shape index (κ1) is 15.6. The lowest BCUT2D eigenvalue weighted by Crippen LogP contribution is -2.37. The first-order valence-corrected chi connectivity index (χ1v) is 7.72. The number of aromatic nitrogens is 4. The first-order valence-electron chi connectivity index (χ1n) is 7.72. The predicted octanol–water partition coefficient (Wildman–Crippen LogP) is 0.897. The van der Waals surface area contributed by atoms with Crippen LogP contribution in [0.4, 0.5) is 5.69 Å². The summed E-state index contributed by atoms with van der Waals surface area (Å²) in [5.74, 6) is -1.42. The van der Waals surface area contributed by atoms with E-state index in [1.807, 2.05) is 0 Å². The largest absolute Gasteiger partial charge is 0.324 e. The number of nitrogens with one attached hydrogen (secondary N) is 1. The summed E-state index contributed by atoms with van der Waals surface area (Å²) in [7, 11) is 0. The summed E-state index contributed by atoms with van der Waals surface area (Å²) in [6.07, 6.45) is 1.43. The fourth-order valence-electron chi connectivity index (χ4n) is 2.73.